The summed E-state index contributed by atoms with van der Waals surface area (Å²) in [4.78, 5) is 4.22. The summed E-state index contributed by atoms with van der Waals surface area (Å²) in [5.74, 6) is 0. The zero-order valence-corrected chi connectivity index (χ0v) is 13.1. The smallest absolute Gasteiger partial charge is 0.240 e. The number of aliphatic hydroxyl groups excluding tert-OH is 1. The third-order valence-corrected chi connectivity index (χ3v) is 4.78. The molecular formula is C16H20N2O3S. The Bertz CT molecular complexity index is 670. The Morgan fingerprint density at radius 3 is 2.18 bits per heavy atom. The first-order valence-electron chi connectivity index (χ1n) is 7.24. The van der Waals surface area contributed by atoms with Gasteiger partial charge >= 0.3 is 0 Å². The van der Waals surface area contributed by atoms with Gasteiger partial charge in [-0.1, -0.05) is 12.1 Å². The fourth-order valence-corrected chi connectivity index (χ4v) is 3.15. The Hall–Kier alpha value is -1.76. The van der Waals surface area contributed by atoms with Crippen LogP contribution in [0.1, 0.15) is 19.3 Å². The van der Waals surface area contributed by atoms with Gasteiger partial charge in [0.25, 0.3) is 0 Å². The van der Waals surface area contributed by atoms with E-state index < -0.39 is 10.0 Å². The van der Waals surface area contributed by atoms with Crippen molar-refractivity contribution in [2.75, 3.05) is 13.2 Å². The molecule has 22 heavy (non-hydrogen) atoms. The number of benzene rings is 1. The van der Waals surface area contributed by atoms with Crippen LogP contribution >= 0.6 is 0 Å². The summed E-state index contributed by atoms with van der Waals surface area (Å²) in [5.41, 5.74) is 1.94. The number of pyridine rings is 1. The molecule has 0 aliphatic rings. The average Bonchev–Trinajstić information content (AvgIpc) is 2.55. The van der Waals surface area contributed by atoms with E-state index in [9.17, 15) is 8.42 Å². The number of aromatic nitrogens is 1. The van der Waals surface area contributed by atoms with Gasteiger partial charge in [-0.25, -0.2) is 13.1 Å². The molecule has 2 rings (SSSR count). The van der Waals surface area contributed by atoms with Crippen molar-refractivity contribution >= 4 is 10.0 Å². The molecule has 118 valence electrons. The maximum Gasteiger partial charge on any atom is 0.240 e. The van der Waals surface area contributed by atoms with Gasteiger partial charge in [-0.2, -0.15) is 0 Å². The molecule has 0 radical (unpaired) electrons. The van der Waals surface area contributed by atoms with E-state index in [1.54, 1.807) is 36.7 Å². The molecule has 0 atom stereocenters. The van der Waals surface area contributed by atoms with Crippen LogP contribution in [0.2, 0.25) is 0 Å². The minimum absolute atomic E-state index is 0.142. The van der Waals surface area contributed by atoms with Gasteiger partial charge in [0.15, 0.2) is 0 Å². The number of aliphatic hydroxyl groups is 1. The Kier molecular flexibility index (Phi) is 6.06. The van der Waals surface area contributed by atoms with Crippen LogP contribution in [0, 0.1) is 0 Å². The lowest BCUT2D eigenvalue weighted by Crippen LogP contribution is -2.24. The molecule has 0 aliphatic carbocycles. The SMILES string of the molecule is O=S(=O)(NCCCCCO)c1ccc(-c2ccncc2)cc1. The van der Waals surface area contributed by atoms with Gasteiger partial charge in [0, 0.05) is 25.5 Å². The number of hydrogen-bond donors (Lipinski definition) is 2. The topological polar surface area (TPSA) is 79.3 Å². The van der Waals surface area contributed by atoms with Crippen LogP contribution in [0.25, 0.3) is 11.1 Å². The van der Waals surface area contributed by atoms with Crippen molar-refractivity contribution < 1.29 is 13.5 Å². The largest absolute Gasteiger partial charge is 0.396 e. The monoisotopic (exact) mass is 320 g/mol. The molecule has 5 nitrogen and oxygen atoms in total. The van der Waals surface area contributed by atoms with Gasteiger partial charge in [0.05, 0.1) is 4.90 Å². The molecule has 0 spiro atoms. The van der Waals surface area contributed by atoms with Gasteiger partial charge in [-0.3, -0.25) is 4.98 Å². The van der Waals surface area contributed by atoms with E-state index in [0.717, 1.165) is 24.0 Å². The summed E-state index contributed by atoms with van der Waals surface area (Å²) in [7, 11) is -3.47. The second kappa shape index (κ2) is 8.03. The predicted octanol–water partition coefficient (Wildman–Crippen LogP) is 2.19. The summed E-state index contributed by atoms with van der Waals surface area (Å²) in [6.07, 6.45) is 5.62. The molecule has 0 amide bonds. The van der Waals surface area contributed by atoms with Crippen molar-refractivity contribution in [3.05, 3.63) is 48.8 Å². The minimum atomic E-state index is -3.47. The zero-order valence-electron chi connectivity index (χ0n) is 12.3. The summed E-state index contributed by atoms with van der Waals surface area (Å²) in [6, 6.07) is 10.5. The zero-order chi connectivity index (χ0) is 15.8. The summed E-state index contributed by atoms with van der Waals surface area (Å²) in [5, 5.41) is 8.68. The van der Waals surface area contributed by atoms with Crippen molar-refractivity contribution in [3.8, 4) is 11.1 Å². The van der Waals surface area contributed by atoms with Crippen LogP contribution in [0.5, 0.6) is 0 Å². The van der Waals surface area contributed by atoms with Crippen molar-refractivity contribution in [1.82, 2.24) is 9.71 Å². The molecule has 6 heteroatoms. The second-order valence-corrected chi connectivity index (χ2v) is 6.71. The fraction of sp³-hybridized carbons (Fsp3) is 0.312. The lowest BCUT2D eigenvalue weighted by Gasteiger charge is -2.07. The van der Waals surface area contributed by atoms with E-state index in [-0.39, 0.29) is 11.5 Å². The second-order valence-electron chi connectivity index (χ2n) is 4.94. The van der Waals surface area contributed by atoms with Crippen LogP contribution in [-0.2, 0) is 10.0 Å². The van der Waals surface area contributed by atoms with Crippen LogP contribution in [0.15, 0.2) is 53.7 Å². The standard InChI is InChI=1S/C16H20N2O3S/c19-13-3-1-2-10-18-22(20,21)16-6-4-14(5-7-16)15-8-11-17-12-9-15/h4-9,11-12,18-19H,1-3,10,13H2. The summed E-state index contributed by atoms with van der Waals surface area (Å²) < 4.78 is 26.9. The van der Waals surface area contributed by atoms with Crippen molar-refractivity contribution in [3.63, 3.8) is 0 Å². The van der Waals surface area contributed by atoms with E-state index in [1.807, 2.05) is 12.1 Å². The molecule has 2 N–H and O–H groups in total. The summed E-state index contributed by atoms with van der Waals surface area (Å²) >= 11 is 0. The third-order valence-electron chi connectivity index (χ3n) is 3.31. The summed E-state index contributed by atoms with van der Waals surface area (Å²) in [6.45, 7) is 0.525. The number of unbranched alkanes of at least 4 members (excludes halogenated alkanes) is 2. The fourth-order valence-electron chi connectivity index (χ4n) is 2.07. The number of nitrogens with zero attached hydrogens (tertiary/aromatic N) is 1. The Morgan fingerprint density at radius 2 is 1.55 bits per heavy atom. The van der Waals surface area contributed by atoms with Crippen LogP contribution in [-0.4, -0.2) is 31.7 Å². The Labute approximate surface area is 131 Å². The highest BCUT2D eigenvalue weighted by atomic mass is 32.2. The highest BCUT2D eigenvalue weighted by Gasteiger charge is 2.13. The van der Waals surface area contributed by atoms with E-state index >= 15 is 0 Å². The number of hydrogen-bond acceptors (Lipinski definition) is 4. The molecule has 0 saturated carbocycles. The molecule has 1 aromatic carbocycles. The third kappa shape index (κ3) is 4.62. The van der Waals surface area contributed by atoms with Crippen LogP contribution < -0.4 is 4.72 Å². The van der Waals surface area contributed by atoms with E-state index in [1.165, 1.54) is 0 Å². The molecule has 0 saturated heterocycles. The first-order valence-corrected chi connectivity index (χ1v) is 8.73. The lowest BCUT2D eigenvalue weighted by molar-refractivity contribution is 0.283. The van der Waals surface area contributed by atoms with Crippen molar-refractivity contribution in [2.45, 2.75) is 24.2 Å². The Morgan fingerprint density at radius 1 is 0.909 bits per heavy atom. The molecule has 2 aromatic rings. The van der Waals surface area contributed by atoms with E-state index in [0.29, 0.717) is 13.0 Å². The Balaban J connectivity index is 2.00. The maximum atomic E-state index is 12.1. The maximum absolute atomic E-state index is 12.1. The molecule has 1 heterocycles. The lowest BCUT2D eigenvalue weighted by atomic mass is 10.1. The van der Waals surface area contributed by atoms with Gasteiger partial charge in [0.2, 0.25) is 10.0 Å². The number of sulfonamides is 1. The van der Waals surface area contributed by atoms with E-state index in [4.69, 9.17) is 5.11 Å². The quantitative estimate of drug-likeness (QED) is 0.731. The van der Waals surface area contributed by atoms with E-state index in [2.05, 4.69) is 9.71 Å². The van der Waals surface area contributed by atoms with Gasteiger partial charge < -0.3 is 5.11 Å². The highest BCUT2D eigenvalue weighted by molar-refractivity contribution is 7.89. The molecule has 0 fully saturated rings. The average molecular weight is 320 g/mol. The van der Waals surface area contributed by atoms with Gasteiger partial charge in [-0.05, 0) is 54.7 Å². The van der Waals surface area contributed by atoms with Crippen LogP contribution in [0.3, 0.4) is 0 Å². The molecule has 0 unspecified atom stereocenters. The number of nitrogens with one attached hydrogen (secondary N) is 1. The normalized spacial score (nSPS) is 11.5. The molecular weight excluding hydrogens is 300 g/mol. The van der Waals surface area contributed by atoms with Crippen molar-refractivity contribution in [2.24, 2.45) is 0 Å². The molecule has 0 aliphatic heterocycles. The predicted molar refractivity (Wildman–Crippen MR) is 85.8 cm³/mol. The van der Waals surface area contributed by atoms with Crippen molar-refractivity contribution in [1.29, 1.82) is 0 Å². The first-order chi connectivity index (χ1) is 10.6. The highest BCUT2D eigenvalue weighted by Crippen LogP contribution is 2.20. The first kappa shape index (κ1) is 16.6. The van der Waals surface area contributed by atoms with Crippen LogP contribution in [0.4, 0.5) is 0 Å². The number of rotatable bonds is 8. The molecule has 0 bridgehead atoms. The minimum Gasteiger partial charge on any atom is -0.396 e. The van der Waals surface area contributed by atoms with Gasteiger partial charge in [0.1, 0.15) is 0 Å². The van der Waals surface area contributed by atoms with Gasteiger partial charge in [-0.15, -0.1) is 0 Å². The molecule has 1 aromatic heterocycles.